The topological polar surface area (TPSA) is 30.7 Å². The lowest BCUT2D eigenvalue weighted by molar-refractivity contribution is 1.18. The highest BCUT2D eigenvalue weighted by Crippen LogP contribution is 2.37. The number of benzene rings is 9. The molecule has 0 aliphatic carbocycles. The normalized spacial score (nSPS) is 11.3. The summed E-state index contributed by atoms with van der Waals surface area (Å²) < 4.78 is 2.37. The predicted molar refractivity (Wildman–Crippen MR) is 254 cm³/mol. The van der Waals surface area contributed by atoms with Gasteiger partial charge in [-0.15, -0.1) is 0 Å². The van der Waals surface area contributed by atoms with E-state index in [2.05, 4.69) is 205 Å². The molecular formula is C58H39N3. The molecule has 0 fully saturated rings. The predicted octanol–water partition coefficient (Wildman–Crippen LogP) is 15.2. The van der Waals surface area contributed by atoms with Crippen molar-refractivity contribution in [3.8, 4) is 84.1 Å². The third-order valence-electron chi connectivity index (χ3n) is 11.6. The van der Waals surface area contributed by atoms with Gasteiger partial charge in [0.05, 0.1) is 22.4 Å². The van der Waals surface area contributed by atoms with Crippen molar-refractivity contribution >= 4 is 21.8 Å². The Hall–Kier alpha value is -8.14. The molecule has 0 atom stereocenters. The van der Waals surface area contributed by atoms with Gasteiger partial charge in [-0.05, 0) is 99.1 Å². The minimum atomic E-state index is 0.703. The molecule has 0 aliphatic heterocycles. The Balaban J connectivity index is 0.945. The Bertz CT molecular complexity index is 3200. The lowest BCUT2D eigenvalue weighted by atomic mass is 9.92. The van der Waals surface area contributed by atoms with Crippen LogP contribution < -0.4 is 0 Å². The molecule has 2 aromatic heterocycles. The number of fused-ring (bicyclic) bond motifs is 3. The first-order chi connectivity index (χ1) is 30.2. The summed E-state index contributed by atoms with van der Waals surface area (Å²) in [5.41, 5.74) is 17.8. The minimum Gasteiger partial charge on any atom is -0.309 e. The van der Waals surface area contributed by atoms with Crippen LogP contribution in [-0.4, -0.2) is 14.5 Å². The highest BCUT2D eigenvalue weighted by Gasteiger charge is 2.14. The number of nitrogens with zero attached hydrogens (tertiary/aromatic N) is 3. The molecule has 0 amide bonds. The zero-order valence-electron chi connectivity index (χ0n) is 33.4. The first-order valence-corrected chi connectivity index (χ1v) is 20.7. The standard InChI is InChI=1S/C58H39N3/c1-4-15-40(16-5-1)48-36-49(42-31-33-51(34-32-42)61-56-25-12-10-23-52(56)53-24-11-13-26-57(53)61)38-50(37-48)47-22-14-21-46(35-47)41-27-29-45(30-28-41)58-59-54(43-17-6-2-7-18-43)39-55(60-58)44-19-8-3-9-20-44/h1-39H. The molecule has 3 nitrogen and oxygen atoms in total. The highest BCUT2D eigenvalue weighted by molar-refractivity contribution is 6.09. The van der Waals surface area contributed by atoms with E-state index >= 15 is 0 Å². The SMILES string of the molecule is c1ccc(-c2cc(-c3ccc(-n4c5ccccc5c5ccccc54)cc3)cc(-c3cccc(-c4ccc(-c5nc(-c6ccccc6)cc(-c6ccccc6)n5)cc4)c3)c2)cc1. The fourth-order valence-corrected chi connectivity index (χ4v) is 8.54. The zero-order chi connectivity index (χ0) is 40.5. The van der Waals surface area contributed by atoms with Gasteiger partial charge in [-0.25, -0.2) is 9.97 Å². The second-order valence-corrected chi connectivity index (χ2v) is 15.4. The van der Waals surface area contributed by atoms with Gasteiger partial charge in [0.2, 0.25) is 0 Å². The Kier molecular flexibility index (Phi) is 9.18. The van der Waals surface area contributed by atoms with E-state index in [4.69, 9.17) is 9.97 Å². The maximum atomic E-state index is 5.05. The average Bonchev–Trinajstić information content (AvgIpc) is 3.69. The number of hydrogen-bond donors (Lipinski definition) is 0. The molecular weight excluding hydrogens is 739 g/mol. The summed E-state index contributed by atoms with van der Waals surface area (Å²) in [6, 6.07) is 84.2. The van der Waals surface area contributed by atoms with E-state index in [0.717, 1.165) is 50.5 Å². The van der Waals surface area contributed by atoms with Crippen LogP contribution in [-0.2, 0) is 0 Å². The van der Waals surface area contributed by atoms with Crippen molar-refractivity contribution in [3.63, 3.8) is 0 Å². The second kappa shape index (κ2) is 15.6. The summed E-state index contributed by atoms with van der Waals surface area (Å²) in [5.74, 6) is 0.703. The van der Waals surface area contributed by atoms with Crippen molar-refractivity contribution < 1.29 is 0 Å². The van der Waals surface area contributed by atoms with Crippen molar-refractivity contribution in [2.45, 2.75) is 0 Å². The largest absolute Gasteiger partial charge is 0.309 e. The fourth-order valence-electron chi connectivity index (χ4n) is 8.54. The van der Waals surface area contributed by atoms with E-state index in [1.54, 1.807) is 0 Å². The molecule has 11 aromatic rings. The van der Waals surface area contributed by atoms with Crippen LogP contribution in [0.25, 0.3) is 106 Å². The van der Waals surface area contributed by atoms with Crippen molar-refractivity contribution in [3.05, 3.63) is 237 Å². The van der Waals surface area contributed by atoms with Crippen LogP contribution in [0.2, 0.25) is 0 Å². The number of aromatic nitrogens is 3. The lowest BCUT2D eigenvalue weighted by Gasteiger charge is -2.14. The van der Waals surface area contributed by atoms with Crippen molar-refractivity contribution in [1.82, 2.24) is 14.5 Å². The monoisotopic (exact) mass is 777 g/mol. The van der Waals surface area contributed by atoms with Crippen LogP contribution in [0.4, 0.5) is 0 Å². The van der Waals surface area contributed by atoms with E-state index in [-0.39, 0.29) is 0 Å². The lowest BCUT2D eigenvalue weighted by Crippen LogP contribution is -1.95. The summed E-state index contributed by atoms with van der Waals surface area (Å²) >= 11 is 0. The fraction of sp³-hybridized carbons (Fsp3) is 0. The Labute approximate surface area is 355 Å². The van der Waals surface area contributed by atoms with E-state index in [9.17, 15) is 0 Å². The Morgan fingerprint density at radius 3 is 1.15 bits per heavy atom. The number of rotatable bonds is 8. The molecule has 0 radical (unpaired) electrons. The minimum absolute atomic E-state index is 0.703. The van der Waals surface area contributed by atoms with Crippen LogP contribution in [0, 0.1) is 0 Å². The molecule has 0 aliphatic rings. The first kappa shape index (κ1) is 36.0. The van der Waals surface area contributed by atoms with Crippen molar-refractivity contribution in [1.29, 1.82) is 0 Å². The van der Waals surface area contributed by atoms with E-state index in [0.29, 0.717) is 5.82 Å². The van der Waals surface area contributed by atoms with Gasteiger partial charge in [-0.3, -0.25) is 0 Å². The second-order valence-electron chi connectivity index (χ2n) is 15.4. The molecule has 0 bridgehead atoms. The van der Waals surface area contributed by atoms with Gasteiger partial charge in [0.1, 0.15) is 0 Å². The van der Waals surface area contributed by atoms with Gasteiger partial charge < -0.3 is 4.57 Å². The van der Waals surface area contributed by atoms with Gasteiger partial charge in [-0.2, -0.15) is 0 Å². The van der Waals surface area contributed by atoms with Crippen molar-refractivity contribution in [2.24, 2.45) is 0 Å². The van der Waals surface area contributed by atoms with E-state index in [1.807, 2.05) is 36.4 Å². The molecule has 286 valence electrons. The Morgan fingerprint density at radius 1 is 0.246 bits per heavy atom. The van der Waals surface area contributed by atoms with Crippen LogP contribution in [0.15, 0.2) is 237 Å². The maximum absolute atomic E-state index is 5.05. The van der Waals surface area contributed by atoms with Gasteiger partial charge in [-0.1, -0.05) is 182 Å². The molecule has 0 N–H and O–H groups in total. The van der Waals surface area contributed by atoms with Crippen LogP contribution in [0.1, 0.15) is 0 Å². The van der Waals surface area contributed by atoms with Crippen LogP contribution >= 0.6 is 0 Å². The van der Waals surface area contributed by atoms with Gasteiger partial charge in [0.15, 0.2) is 5.82 Å². The average molecular weight is 778 g/mol. The van der Waals surface area contributed by atoms with Crippen LogP contribution in [0.5, 0.6) is 0 Å². The third-order valence-corrected chi connectivity index (χ3v) is 11.6. The highest BCUT2D eigenvalue weighted by atomic mass is 15.0. The molecule has 11 rings (SSSR count). The molecule has 0 unspecified atom stereocenters. The number of para-hydroxylation sites is 2. The molecule has 3 heteroatoms. The molecule has 61 heavy (non-hydrogen) atoms. The van der Waals surface area contributed by atoms with E-state index < -0.39 is 0 Å². The van der Waals surface area contributed by atoms with Crippen LogP contribution in [0.3, 0.4) is 0 Å². The molecule has 9 aromatic carbocycles. The molecule has 2 heterocycles. The zero-order valence-corrected chi connectivity index (χ0v) is 33.4. The molecule has 0 spiro atoms. The molecule has 0 saturated carbocycles. The summed E-state index contributed by atoms with van der Waals surface area (Å²) in [5, 5.41) is 2.53. The Morgan fingerprint density at radius 2 is 0.607 bits per heavy atom. The van der Waals surface area contributed by atoms with E-state index in [1.165, 1.54) is 49.6 Å². The quantitative estimate of drug-likeness (QED) is 0.154. The third kappa shape index (κ3) is 6.98. The van der Waals surface area contributed by atoms with Gasteiger partial charge in [0.25, 0.3) is 0 Å². The number of hydrogen-bond acceptors (Lipinski definition) is 2. The van der Waals surface area contributed by atoms with Gasteiger partial charge >= 0.3 is 0 Å². The first-order valence-electron chi connectivity index (χ1n) is 20.7. The van der Waals surface area contributed by atoms with Gasteiger partial charge in [0, 0.05) is 33.2 Å². The summed E-state index contributed by atoms with van der Waals surface area (Å²) in [6.07, 6.45) is 0. The summed E-state index contributed by atoms with van der Waals surface area (Å²) in [6.45, 7) is 0. The summed E-state index contributed by atoms with van der Waals surface area (Å²) in [7, 11) is 0. The molecule has 0 saturated heterocycles. The smallest absolute Gasteiger partial charge is 0.160 e. The van der Waals surface area contributed by atoms with Crippen molar-refractivity contribution in [2.75, 3.05) is 0 Å². The maximum Gasteiger partial charge on any atom is 0.160 e. The summed E-state index contributed by atoms with van der Waals surface area (Å²) in [4.78, 5) is 10.1.